The van der Waals surface area contributed by atoms with Crippen molar-refractivity contribution < 1.29 is 19.1 Å². The third kappa shape index (κ3) is 1.80. The maximum atomic E-state index is 12.0. The second kappa shape index (κ2) is 4.00. The van der Waals surface area contributed by atoms with E-state index in [0.717, 1.165) is 0 Å². The van der Waals surface area contributed by atoms with Crippen LogP contribution in [-0.2, 0) is 4.79 Å². The van der Waals surface area contributed by atoms with Gasteiger partial charge < -0.3 is 14.4 Å². The fourth-order valence-electron chi connectivity index (χ4n) is 1.92. The number of furan rings is 1. The molecule has 0 saturated carbocycles. The average molecular weight is 223 g/mol. The molecule has 1 N–H and O–H groups in total. The highest BCUT2D eigenvalue weighted by Gasteiger charge is 2.32. The first-order chi connectivity index (χ1) is 7.59. The van der Waals surface area contributed by atoms with E-state index in [-0.39, 0.29) is 5.91 Å². The molecule has 0 bridgehead atoms. The molecular formula is C11H13NO4. The van der Waals surface area contributed by atoms with Crippen LogP contribution < -0.4 is 0 Å². The van der Waals surface area contributed by atoms with Crippen LogP contribution in [0.5, 0.6) is 0 Å². The van der Waals surface area contributed by atoms with Gasteiger partial charge in [0, 0.05) is 13.1 Å². The Balaban J connectivity index is 2.08. The van der Waals surface area contributed by atoms with Gasteiger partial charge in [-0.2, -0.15) is 0 Å². The standard InChI is InChI=1S/C11H13NO4/c1-7-9(3-5-16-7)10(13)12-4-2-8(6-12)11(14)15/h3,5,8H,2,4,6H2,1H3,(H,14,15). The summed E-state index contributed by atoms with van der Waals surface area (Å²) >= 11 is 0. The van der Waals surface area contributed by atoms with Crippen LogP contribution in [0.4, 0.5) is 0 Å². The van der Waals surface area contributed by atoms with Gasteiger partial charge in [0.2, 0.25) is 0 Å². The van der Waals surface area contributed by atoms with E-state index in [2.05, 4.69) is 0 Å². The number of carbonyl (C=O) groups excluding carboxylic acids is 1. The van der Waals surface area contributed by atoms with Crippen molar-refractivity contribution in [3.63, 3.8) is 0 Å². The van der Waals surface area contributed by atoms with Gasteiger partial charge in [0.05, 0.1) is 17.7 Å². The molecule has 16 heavy (non-hydrogen) atoms. The summed E-state index contributed by atoms with van der Waals surface area (Å²) in [5, 5.41) is 8.84. The number of hydrogen-bond donors (Lipinski definition) is 1. The summed E-state index contributed by atoms with van der Waals surface area (Å²) in [6.45, 7) is 2.51. The summed E-state index contributed by atoms with van der Waals surface area (Å²) in [6, 6.07) is 1.62. The van der Waals surface area contributed by atoms with Crippen LogP contribution >= 0.6 is 0 Å². The van der Waals surface area contributed by atoms with E-state index in [4.69, 9.17) is 9.52 Å². The predicted molar refractivity (Wildman–Crippen MR) is 55.1 cm³/mol. The van der Waals surface area contributed by atoms with Crippen molar-refractivity contribution in [2.45, 2.75) is 13.3 Å². The molecule has 1 fully saturated rings. The average Bonchev–Trinajstić information content (AvgIpc) is 2.84. The summed E-state index contributed by atoms with van der Waals surface area (Å²) in [5.41, 5.74) is 0.519. The second-order valence-electron chi connectivity index (χ2n) is 3.97. The molecule has 2 heterocycles. The Morgan fingerprint density at radius 1 is 1.56 bits per heavy atom. The van der Waals surface area contributed by atoms with E-state index in [1.807, 2.05) is 0 Å². The fourth-order valence-corrected chi connectivity index (χ4v) is 1.92. The largest absolute Gasteiger partial charge is 0.481 e. The van der Waals surface area contributed by atoms with Gasteiger partial charge in [0.1, 0.15) is 5.76 Å². The number of carboxylic acid groups (broad SMARTS) is 1. The monoisotopic (exact) mass is 223 g/mol. The molecule has 5 heteroatoms. The highest BCUT2D eigenvalue weighted by molar-refractivity contribution is 5.95. The Hall–Kier alpha value is -1.78. The van der Waals surface area contributed by atoms with E-state index in [1.54, 1.807) is 17.9 Å². The van der Waals surface area contributed by atoms with E-state index in [9.17, 15) is 9.59 Å². The zero-order chi connectivity index (χ0) is 11.7. The van der Waals surface area contributed by atoms with Gasteiger partial charge in [-0.3, -0.25) is 9.59 Å². The molecule has 1 aromatic heterocycles. The fraction of sp³-hybridized carbons (Fsp3) is 0.455. The number of aliphatic carboxylic acids is 1. The smallest absolute Gasteiger partial charge is 0.308 e. The van der Waals surface area contributed by atoms with Gasteiger partial charge in [-0.05, 0) is 19.4 Å². The first-order valence-corrected chi connectivity index (χ1v) is 5.15. The minimum Gasteiger partial charge on any atom is -0.481 e. The van der Waals surface area contributed by atoms with Crippen molar-refractivity contribution in [1.29, 1.82) is 0 Å². The minimum atomic E-state index is -0.834. The summed E-state index contributed by atoms with van der Waals surface area (Å²) in [5.74, 6) is -0.839. The number of rotatable bonds is 2. The zero-order valence-corrected chi connectivity index (χ0v) is 8.97. The molecule has 0 radical (unpaired) electrons. The topological polar surface area (TPSA) is 70.8 Å². The first kappa shape index (κ1) is 10.7. The maximum Gasteiger partial charge on any atom is 0.308 e. The van der Waals surface area contributed by atoms with E-state index in [0.29, 0.717) is 30.8 Å². The Morgan fingerprint density at radius 2 is 2.31 bits per heavy atom. The van der Waals surface area contributed by atoms with Gasteiger partial charge in [-0.15, -0.1) is 0 Å². The summed E-state index contributed by atoms with van der Waals surface area (Å²) in [6.07, 6.45) is 1.99. The lowest BCUT2D eigenvalue weighted by Crippen LogP contribution is -2.30. The molecule has 2 rings (SSSR count). The molecule has 1 atom stereocenters. The van der Waals surface area contributed by atoms with Crippen LogP contribution in [0.3, 0.4) is 0 Å². The van der Waals surface area contributed by atoms with Crippen molar-refractivity contribution in [2.75, 3.05) is 13.1 Å². The van der Waals surface area contributed by atoms with E-state index >= 15 is 0 Å². The highest BCUT2D eigenvalue weighted by Crippen LogP contribution is 2.20. The van der Waals surface area contributed by atoms with Gasteiger partial charge >= 0.3 is 5.97 Å². The normalized spacial score (nSPS) is 20.1. The number of amides is 1. The number of carboxylic acids is 1. The van der Waals surface area contributed by atoms with Crippen LogP contribution in [0.1, 0.15) is 22.5 Å². The molecule has 1 aromatic rings. The van der Waals surface area contributed by atoms with Gasteiger partial charge in [-0.1, -0.05) is 0 Å². The lowest BCUT2D eigenvalue weighted by Gasteiger charge is -2.14. The summed E-state index contributed by atoms with van der Waals surface area (Å²) in [4.78, 5) is 24.3. The zero-order valence-electron chi connectivity index (χ0n) is 8.97. The Kier molecular flexibility index (Phi) is 2.68. The quantitative estimate of drug-likeness (QED) is 0.816. The third-order valence-electron chi connectivity index (χ3n) is 2.91. The van der Waals surface area contributed by atoms with Crippen molar-refractivity contribution in [3.05, 3.63) is 23.7 Å². The molecule has 0 aromatic carbocycles. The number of hydrogen-bond acceptors (Lipinski definition) is 3. The van der Waals surface area contributed by atoms with Crippen LogP contribution in [0.15, 0.2) is 16.7 Å². The molecule has 1 unspecified atom stereocenters. The Labute approximate surface area is 92.7 Å². The molecule has 0 spiro atoms. The van der Waals surface area contributed by atoms with Gasteiger partial charge in [0.25, 0.3) is 5.91 Å². The van der Waals surface area contributed by atoms with Crippen molar-refractivity contribution >= 4 is 11.9 Å². The van der Waals surface area contributed by atoms with Crippen molar-refractivity contribution in [3.8, 4) is 0 Å². The van der Waals surface area contributed by atoms with E-state index in [1.165, 1.54) is 6.26 Å². The van der Waals surface area contributed by atoms with Crippen molar-refractivity contribution in [2.24, 2.45) is 5.92 Å². The van der Waals surface area contributed by atoms with E-state index < -0.39 is 11.9 Å². The lowest BCUT2D eigenvalue weighted by atomic mass is 10.1. The first-order valence-electron chi connectivity index (χ1n) is 5.15. The number of likely N-dealkylation sites (tertiary alicyclic amines) is 1. The number of nitrogens with zero attached hydrogens (tertiary/aromatic N) is 1. The third-order valence-corrected chi connectivity index (χ3v) is 2.91. The van der Waals surface area contributed by atoms with Gasteiger partial charge in [0.15, 0.2) is 0 Å². The maximum absolute atomic E-state index is 12.0. The molecule has 86 valence electrons. The van der Waals surface area contributed by atoms with Crippen LogP contribution in [0.2, 0.25) is 0 Å². The summed E-state index contributed by atoms with van der Waals surface area (Å²) in [7, 11) is 0. The SMILES string of the molecule is Cc1occc1C(=O)N1CCC(C(=O)O)C1. The Bertz CT molecular complexity index is 423. The molecule has 1 amide bonds. The molecule has 1 aliphatic rings. The number of aryl methyl sites for hydroxylation is 1. The summed E-state index contributed by atoms with van der Waals surface area (Å²) < 4.78 is 5.06. The molecule has 0 aliphatic carbocycles. The highest BCUT2D eigenvalue weighted by atomic mass is 16.4. The molecular weight excluding hydrogens is 210 g/mol. The van der Waals surface area contributed by atoms with Gasteiger partial charge in [-0.25, -0.2) is 0 Å². The molecule has 5 nitrogen and oxygen atoms in total. The number of carbonyl (C=O) groups is 2. The van der Waals surface area contributed by atoms with Crippen LogP contribution in [-0.4, -0.2) is 35.0 Å². The van der Waals surface area contributed by atoms with Crippen LogP contribution in [0, 0.1) is 12.8 Å². The lowest BCUT2D eigenvalue weighted by molar-refractivity contribution is -0.141. The predicted octanol–water partition coefficient (Wildman–Crippen LogP) is 1.13. The minimum absolute atomic E-state index is 0.144. The van der Waals surface area contributed by atoms with Crippen molar-refractivity contribution in [1.82, 2.24) is 4.90 Å². The second-order valence-corrected chi connectivity index (χ2v) is 3.97. The molecule has 1 saturated heterocycles. The van der Waals surface area contributed by atoms with Crippen LogP contribution in [0.25, 0.3) is 0 Å². The molecule has 1 aliphatic heterocycles. The Morgan fingerprint density at radius 3 is 2.81 bits per heavy atom.